The maximum Gasteiger partial charge on any atom is 0.153 e. The summed E-state index contributed by atoms with van der Waals surface area (Å²) in [5.74, 6) is 8.00. The van der Waals surface area contributed by atoms with Crippen LogP contribution in [0.5, 0.6) is 17.2 Å². The van der Waals surface area contributed by atoms with Gasteiger partial charge < -0.3 is 24.2 Å². The highest BCUT2D eigenvalue weighted by Gasteiger charge is 2.19. The first kappa shape index (κ1) is 36.2. The van der Waals surface area contributed by atoms with Crippen molar-refractivity contribution in [3.05, 3.63) is 141 Å². The molecule has 9 heteroatoms. The summed E-state index contributed by atoms with van der Waals surface area (Å²) in [4.78, 5) is 18.2. The van der Waals surface area contributed by atoms with Gasteiger partial charge in [-0.2, -0.15) is 5.26 Å². The Kier molecular flexibility index (Phi) is 12.2. The standard InChI is InChI=1S/C43H38ClN3O5/c1-30-35(29-52-43-22-42(37(27-48)21-41(43)44)51-28-34-17-33(23-45)24-46-25-34)9-5-10-40(30)36-18-32(12-11-31-7-3-2-4-8-31)19-39(20-36)50-16-6-14-47-15-13-38(49)26-47/h2-5,7-10,17-22,24-25,27,38,49H,6,13-16,26,28-29H2,1H3. The molecular weight excluding hydrogens is 674 g/mol. The SMILES string of the molecule is Cc1c(COc2cc(OCc3cncc(C#N)c3)c(C=O)cc2Cl)cccc1-c1cc(C#Cc2ccccc2)cc(OCCCN2CCC(O)C2)c1. The Morgan fingerprint density at radius 1 is 0.923 bits per heavy atom. The third kappa shape index (κ3) is 9.57. The number of hydrogen-bond donors (Lipinski definition) is 1. The number of ether oxygens (including phenoxy) is 3. The number of carbonyl (C=O) groups is 1. The van der Waals surface area contributed by atoms with E-state index in [0.717, 1.165) is 71.6 Å². The molecule has 5 aromatic rings. The van der Waals surface area contributed by atoms with Crippen LogP contribution in [0.15, 0.2) is 97.3 Å². The molecule has 1 aliphatic heterocycles. The summed E-state index contributed by atoms with van der Waals surface area (Å²) in [5.41, 5.74) is 7.11. The van der Waals surface area contributed by atoms with Crippen LogP contribution in [0.4, 0.5) is 0 Å². The maximum absolute atomic E-state index is 11.8. The first-order valence-corrected chi connectivity index (χ1v) is 17.5. The van der Waals surface area contributed by atoms with Gasteiger partial charge in [-0.25, -0.2) is 0 Å². The van der Waals surface area contributed by atoms with Crippen LogP contribution in [0.25, 0.3) is 11.1 Å². The number of aldehydes is 1. The van der Waals surface area contributed by atoms with Crippen LogP contribution in [-0.2, 0) is 13.2 Å². The molecule has 0 amide bonds. The summed E-state index contributed by atoms with van der Waals surface area (Å²) in [6.45, 7) is 5.43. The molecule has 52 heavy (non-hydrogen) atoms. The highest BCUT2D eigenvalue weighted by Crippen LogP contribution is 2.35. The van der Waals surface area contributed by atoms with Crippen molar-refractivity contribution >= 4 is 17.9 Å². The minimum absolute atomic E-state index is 0.106. The zero-order valence-electron chi connectivity index (χ0n) is 28.8. The Morgan fingerprint density at radius 2 is 1.75 bits per heavy atom. The molecule has 0 aliphatic carbocycles. The maximum atomic E-state index is 11.8. The number of pyridine rings is 1. The highest BCUT2D eigenvalue weighted by atomic mass is 35.5. The Hall–Kier alpha value is -5.64. The second-order valence-corrected chi connectivity index (χ2v) is 13.0. The second kappa shape index (κ2) is 17.5. The Bertz CT molecular complexity index is 2140. The topological polar surface area (TPSA) is 105 Å². The van der Waals surface area contributed by atoms with Crippen molar-refractivity contribution in [3.8, 4) is 46.3 Å². The van der Waals surface area contributed by atoms with Crippen LogP contribution < -0.4 is 14.2 Å². The number of benzene rings is 4. The van der Waals surface area contributed by atoms with E-state index >= 15 is 0 Å². The zero-order chi connectivity index (χ0) is 36.3. The van der Waals surface area contributed by atoms with E-state index in [-0.39, 0.29) is 29.9 Å². The molecule has 1 aliphatic rings. The van der Waals surface area contributed by atoms with E-state index in [1.54, 1.807) is 18.3 Å². The summed E-state index contributed by atoms with van der Waals surface area (Å²) >= 11 is 6.55. The molecule has 262 valence electrons. The number of halogens is 1. The van der Waals surface area contributed by atoms with Gasteiger partial charge in [0.05, 0.1) is 28.9 Å². The molecule has 0 bridgehead atoms. The smallest absolute Gasteiger partial charge is 0.153 e. The molecule has 2 heterocycles. The van der Waals surface area contributed by atoms with Gasteiger partial charge in [0.25, 0.3) is 0 Å². The molecular formula is C43H38ClN3O5. The van der Waals surface area contributed by atoms with Crippen LogP contribution in [0.2, 0.25) is 5.02 Å². The fourth-order valence-electron chi connectivity index (χ4n) is 6.04. The van der Waals surface area contributed by atoms with Crippen molar-refractivity contribution in [2.24, 2.45) is 0 Å². The molecule has 1 fully saturated rings. The summed E-state index contributed by atoms with van der Waals surface area (Å²) in [6, 6.07) is 28.9. The normalized spacial score (nSPS) is 13.8. The molecule has 8 nitrogen and oxygen atoms in total. The molecule has 1 unspecified atom stereocenters. The van der Waals surface area contributed by atoms with Gasteiger partial charge in [-0.15, -0.1) is 0 Å². The van der Waals surface area contributed by atoms with Crippen LogP contribution in [-0.4, -0.2) is 53.6 Å². The Labute approximate surface area is 309 Å². The number of rotatable bonds is 13. The zero-order valence-corrected chi connectivity index (χ0v) is 29.6. The van der Waals surface area contributed by atoms with E-state index in [4.69, 9.17) is 25.8 Å². The van der Waals surface area contributed by atoms with E-state index in [0.29, 0.717) is 35.5 Å². The summed E-state index contributed by atoms with van der Waals surface area (Å²) in [7, 11) is 0. The van der Waals surface area contributed by atoms with Gasteiger partial charge in [-0.05, 0) is 84.5 Å². The monoisotopic (exact) mass is 711 g/mol. The largest absolute Gasteiger partial charge is 0.493 e. The number of aromatic nitrogens is 1. The highest BCUT2D eigenvalue weighted by molar-refractivity contribution is 6.32. The van der Waals surface area contributed by atoms with Crippen molar-refractivity contribution in [1.82, 2.24) is 9.88 Å². The minimum Gasteiger partial charge on any atom is -0.493 e. The van der Waals surface area contributed by atoms with E-state index in [9.17, 15) is 15.2 Å². The van der Waals surface area contributed by atoms with Gasteiger partial charge in [0.15, 0.2) is 6.29 Å². The van der Waals surface area contributed by atoms with Crippen molar-refractivity contribution in [1.29, 1.82) is 5.26 Å². The number of hydrogen-bond acceptors (Lipinski definition) is 8. The van der Waals surface area contributed by atoms with Gasteiger partial charge in [0.1, 0.15) is 36.5 Å². The molecule has 6 rings (SSSR count). The number of nitrogens with zero attached hydrogens (tertiary/aromatic N) is 3. The number of nitriles is 1. The Morgan fingerprint density at radius 3 is 2.54 bits per heavy atom. The van der Waals surface area contributed by atoms with E-state index < -0.39 is 0 Å². The third-order valence-electron chi connectivity index (χ3n) is 8.82. The molecule has 1 atom stereocenters. The lowest BCUT2D eigenvalue weighted by Crippen LogP contribution is -2.24. The van der Waals surface area contributed by atoms with Gasteiger partial charge in [-0.3, -0.25) is 9.78 Å². The molecule has 0 spiro atoms. The summed E-state index contributed by atoms with van der Waals surface area (Å²) < 4.78 is 18.4. The van der Waals surface area contributed by atoms with E-state index in [2.05, 4.69) is 46.9 Å². The lowest BCUT2D eigenvalue weighted by Gasteiger charge is -2.17. The average molecular weight is 712 g/mol. The molecule has 1 saturated heterocycles. The number of aliphatic hydroxyl groups is 1. The first-order chi connectivity index (χ1) is 25.4. The van der Waals surface area contributed by atoms with Crippen LogP contribution >= 0.6 is 11.6 Å². The van der Waals surface area contributed by atoms with Crippen molar-refractivity contribution < 1.29 is 24.1 Å². The van der Waals surface area contributed by atoms with Crippen LogP contribution in [0, 0.1) is 30.1 Å². The summed E-state index contributed by atoms with van der Waals surface area (Å²) in [6.07, 6.45) is 5.19. The minimum atomic E-state index is -0.234. The second-order valence-electron chi connectivity index (χ2n) is 12.6. The first-order valence-electron chi connectivity index (χ1n) is 17.1. The lowest BCUT2D eigenvalue weighted by atomic mass is 9.95. The predicted molar refractivity (Wildman–Crippen MR) is 201 cm³/mol. The quantitative estimate of drug-likeness (QED) is 0.0750. The Balaban J connectivity index is 1.21. The molecule has 1 aromatic heterocycles. The molecule has 0 saturated carbocycles. The van der Waals surface area contributed by atoms with Crippen molar-refractivity contribution in [2.75, 3.05) is 26.2 Å². The predicted octanol–water partition coefficient (Wildman–Crippen LogP) is 7.79. The summed E-state index contributed by atoms with van der Waals surface area (Å²) in [5, 5.41) is 19.3. The number of likely N-dealkylation sites (tertiary alicyclic amines) is 1. The van der Waals surface area contributed by atoms with Gasteiger partial charge in [0, 0.05) is 54.8 Å². The van der Waals surface area contributed by atoms with Gasteiger partial charge in [-0.1, -0.05) is 59.8 Å². The van der Waals surface area contributed by atoms with E-state index in [1.165, 1.54) is 12.3 Å². The van der Waals surface area contributed by atoms with Crippen LogP contribution in [0.1, 0.15) is 56.6 Å². The van der Waals surface area contributed by atoms with Crippen LogP contribution in [0.3, 0.4) is 0 Å². The number of carbonyl (C=O) groups excluding carboxylic acids is 1. The van der Waals surface area contributed by atoms with Gasteiger partial charge >= 0.3 is 0 Å². The molecule has 1 N–H and O–H groups in total. The third-order valence-corrected chi connectivity index (χ3v) is 9.11. The van der Waals surface area contributed by atoms with E-state index in [1.807, 2.05) is 54.6 Å². The van der Waals surface area contributed by atoms with Crippen molar-refractivity contribution in [2.45, 2.75) is 39.1 Å². The number of aliphatic hydroxyl groups excluding tert-OH is 1. The fraction of sp³-hybridized carbons (Fsp3) is 0.233. The molecule has 0 radical (unpaired) electrons. The fourth-order valence-corrected chi connectivity index (χ4v) is 6.27. The number of β-amino-alcohol motifs (C(OH)–C–C–N with tert-alkyl or cyclic N) is 1. The lowest BCUT2D eigenvalue weighted by molar-refractivity contribution is 0.111. The average Bonchev–Trinajstić information content (AvgIpc) is 3.59. The van der Waals surface area contributed by atoms with Gasteiger partial charge in [0.2, 0.25) is 0 Å². The molecule has 4 aromatic carbocycles. The van der Waals surface area contributed by atoms with Crippen molar-refractivity contribution in [3.63, 3.8) is 0 Å².